The molecular weight excluding hydrogens is 423 g/mol. The SMILES string of the molecule is CCc1cc(-c2n[nH]c(=O)n2-c2ccc3c(c2)c(C)cn3C)c(O)cc1OP(=O)(O)O. The molecular formula is C20H21N4O6P. The van der Waals surface area contributed by atoms with Crippen molar-refractivity contribution in [2.24, 2.45) is 7.05 Å². The maximum absolute atomic E-state index is 12.6. The van der Waals surface area contributed by atoms with Gasteiger partial charge in [-0.25, -0.2) is 19.0 Å². The van der Waals surface area contributed by atoms with Crippen molar-refractivity contribution in [1.29, 1.82) is 0 Å². The highest BCUT2D eigenvalue weighted by molar-refractivity contribution is 7.46. The predicted octanol–water partition coefficient (Wildman–Crippen LogP) is 2.77. The van der Waals surface area contributed by atoms with Crippen LogP contribution in [0.2, 0.25) is 0 Å². The van der Waals surface area contributed by atoms with Crippen molar-refractivity contribution in [3.63, 3.8) is 0 Å². The van der Waals surface area contributed by atoms with Crippen LogP contribution in [0.25, 0.3) is 28.0 Å². The van der Waals surface area contributed by atoms with E-state index >= 15 is 0 Å². The second-order valence-electron chi connectivity index (χ2n) is 7.22. The highest BCUT2D eigenvalue weighted by atomic mass is 31.2. The molecule has 0 unspecified atom stereocenters. The van der Waals surface area contributed by atoms with Crippen molar-refractivity contribution in [3.05, 3.63) is 58.1 Å². The zero-order valence-corrected chi connectivity index (χ0v) is 17.9. The third-order valence-corrected chi connectivity index (χ3v) is 5.56. The highest BCUT2D eigenvalue weighted by Crippen LogP contribution is 2.43. The topological polar surface area (TPSA) is 143 Å². The van der Waals surface area contributed by atoms with Crippen LogP contribution in [0.4, 0.5) is 0 Å². The molecule has 0 bridgehead atoms. The van der Waals surface area contributed by atoms with Gasteiger partial charge in [-0.05, 0) is 48.7 Å². The van der Waals surface area contributed by atoms with Crippen molar-refractivity contribution in [3.8, 4) is 28.6 Å². The molecule has 0 spiro atoms. The van der Waals surface area contributed by atoms with Crippen LogP contribution in [0.5, 0.6) is 11.5 Å². The summed E-state index contributed by atoms with van der Waals surface area (Å²) in [5.41, 5.74) is 2.78. The van der Waals surface area contributed by atoms with Crippen molar-refractivity contribution in [1.82, 2.24) is 19.3 Å². The molecule has 0 fully saturated rings. The minimum absolute atomic E-state index is 0.136. The van der Waals surface area contributed by atoms with Crippen molar-refractivity contribution in [2.45, 2.75) is 20.3 Å². The van der Waals surface area contributed by atoms with Crippen LogP contribution in [0, 0.1) is 6.92 Å². The van der Waals surface area contributed by atoms with Crippen LogP contribution in [0.15, 0.2) is 41.3 Å². The fraction of sp³-hybridized carbons (Fsp3) is 0.200. The van der Waals surface area contributed by atoms with E-state index in [1.165, 1.54) is 10.6 Å². The first kappa shape index (κ1) is 20.9. The molecule has 2 aromatic heterocycles. The van der Waals surface area contributed by atoms with Gasteiger partial charge >= 0.3 is 13.5 Å². The molecule has 0 amide bonds. The van der Waals surface area contributed by atoms with E-state index in [0.717, 1.165) is 22.5 Å². The summed E-state index contributed by atoms with van der Waals surface area (Å²) < 4.78 is 19.3. The van der Waals surface area contributed by atoms with Gasteiger partial charge < -0.3 is 14.2 Å². The molecule has 0 atom stereocenters. The van der Waals surface area contributed by atoms with Crippen LogP contribution < -0.4 is 10.2 Å². The minimum atomic E-state index is -4.80. The Balaban J connectivity index is 1.89. The number of nitrogens with zero attached hydrogens (tertiary/aromatic N) is 3. The van der Waals surface area contributed by atoms with Gasteiger partial charge in [0.2, 0.25) is 0 Å². The molecule has 0 radical (unpaired) electrons. The Morgan fingerprint density at radius 1 is 1.23 bits per heavy atom. The predicted molar refractivity (Wildman–Crippen MR) is 115 cm³/mol. The summed E-state index contributed by atoms with van der Waals surface area (Å²) >= 11 is 0. The lowest BCUT2D eigenvalue weighted by Crippen LogP contribution is -2.15. The summed E-state index contributed by atoms with van der Waals surface area (Å²) in [5.74, 6) is -0.312. The van der Waals surface area contributed by atoms with Crippen molar-refractivity contribution < 1.29 is 24.0 Å². The minimum Gasteiger partial charge on any atom is -0.507 e. The molecule has 2 heterocycles. The normalized spacial score (nSPS) is 11.9. The smallest absolute Gasteiger partial charge is 0.507 e. The number of phenols is 1. The van der Waals surface area contributed by atoms with Crippen LogP contribution >= 0.6 is 7.82 Å². The Morgan fingerprint density at radius 3 is 2.65 bits per heavy atom. The lowest BCUT2D eigenvalue weighted by molar-refractivity contribution is 0.282. The molecule has 4 N–H and O–H groups in total. The van der Waals surface area contributed by atoms with E-state index in [1.807, 2.05) is 36.9 Å². The summed E-state index contributed by atoms with van der Waals surface area (Å²) in [6.07, 6.45) is 2.36. The molecule has 2 aromatic carbocycles. The summed E-state index contributed by atoms with van der Waals surface area (Å²) in [7, 11) is -2.86. The molecule has 4 aromatic rings. The van der Waals surface area contributed by atoms with Crippen LogP contribution in [-0.4, -0.2) is 34.2 Å². The Bertz CT molecular complexity index is 1410. The fourth-order valence-electron chi connectivity index (χ4n) is 3.72. The average Bonchev–Trinajstić information content (AvgIpc) is 3.20. The van der Waals surface area contributed by atoms with Gasteiger partial charge in [0.05, 0.1) is 11.3 Å². The highest BCUT2D eigenvalue weighted by Gasteiger charge is 2.23. The third kappa shape index (κ3) is 3.76. The number of phosphoric ester groups is 1. The van der Waals surface area contributed by atoms with Crippen molar-refractivity contribution in [2.75, 3.05) is 0 Å². The number of rotatable bonds is 5. The zero-order chi connectivity index (χ0) is 22.5. The van der Waals surface area contributed by atoms with Gasteiger partial charge in [0.25, 0.3) is 0 Å². The van der Waals surface area contributed by atoms with E-state index in [4.69, 9.17) is 9.79 Å². The Labute approximate surface area is 176 Å². The Kier molecular flexibility index (Phi) is 5.01. The van der Waals surface area contributed by atoms with Gasteiger partial charge in [-0.3, -0.25) is 9.79 Å². The van der Waals surface area contributed by atoms with E-state index in [0.29, 0.717) is 17.7 Å². The number of benzene rings is 2. The summed E-state index contributed by atoms with van der Waals surface area (Å²) in [4.78, 5) is 30.8. The largest absolute Gasteiger partial charge is 0.524 e. The zero-order valence-electron chi connectivity index (χ0n) is 17.0. The number of nitrogens with one attached hydrogen (secondary N) is 1. The first-order valence-electron chi connectivity index (χ1n) is 9.44. The van der Waals surface area contributed by atoms with Crippen molar-refractivity contribution >= 4 is 18.7 Å². The first-order chi connectivity index (χ1) is 14.6. The molecule has 0 aliphatic heterocycles. The number of phenolic OH excluding ortho intramolecular Hbond substituents is 1. The Morgan fingerprint density at radius 2 is 1.97 bits per heavy atom. The maximum Gasteiger partial charge on any atom is 0.524 e. The molecule has 0 saturated heterocycles. The second-order valence-corrected chi connectivity index (χ2v) is 8.39. The number of H-pyrrole nitrogens is 1. The number of aromatic nitrogens is 4. The van der Waals surface area contributed by atoms with E-state index in [9.17, 15) is 14.5 Å². The van der Waals surface area contributed by atoms with Crippen LogP contribution in [-0.2, 0) is 18.0 Å². The van der Waals surface area contributed by atoms with Gasteiger partial charge in [0.15, 0.2) is 5.82 Å². The lowest BCUT2D eigenvalue weighted by atomic mass is 10.1. The number of aromatic amines is 1. The van der Waals surface area contributed by atoms with Crippen LogP contribution in [0.3, 0.4) is 0 Å². The summed E-state index contributed by atoms with van der Waals surface area (Å²) in [6.45, 7) is 3.75. The number of fused-ring (bicyclic) bond motifs is 1. The monoisotopic (exact) mass is 444 g/mol. The van der Waals surface area contributed by atoms with Gasteiger partial charge in [0.1, 0.15) is 11.5 Å². The number of aryl methyl sites for hydroxylation is 3. The first-order valence-corrected chi connectivity index (χ1v) is 11.0. The number of hydrogen-bond donors (Lipinski definition) is 4. The van der Waals surface area contributed by atoms with Gasteiger partial charge in [0, 0.05) is 30.2 Å². The molecule has 4 rings (SSSR count). The quantitative estimate of drug-likeness (QED) is 0.347. The molecule has 10 nitrogen and oxygen atoms in total. The van der Waals surface area contributed by atoms with E-state index in [1.54, 1.807) is 13.0 Å². The van der Waals surface area contributed by atoms with E-state index in [-0.39, 0.29) is 22.9 Å². The molecule has 162 valence electrons. The van der Waals surface area contributed by atoms with E-state index in [2.05, 4.69) is 14.7 Å². The lowest BCUT2D eigenvalue weighted by Gasteiger charge is -2.14. The fourth-order valence-corrected chi connectivity index (χ4v) is 4.14. The molecule has 0 aliphatic carbocycles. The molecule has 0 saturated carbocycles. The number of aromatic hydroxyl groups is 1. The molecule has 31 heavy (non-hydrogen) atoms. The Hall–Kier alpha value is -3.33. The number of hydrogen-bond acceptors (Lipinski definition) is 5. The van der Waals surface area contributed by atoms with Gasteiger partial charge in [-0.2, -0.15) is 5.10 Å². The van der Waals surface area contributed by atoms with Gasteiger partial charge in [-0.1, -0.05) is 6.92 Å². The van der Waals surface area contributed by atoms with Gasteiger partial charge in [-0.15, -0.1) is 0 Å². The average molecular weight is 444 g/mol. The second kappa shape index (κ2) is 7.42. The summed E-state index contributed by atoms with van der Waals surface area (Å²) in [5, 5.41) is 18.0. The molecule has 11 heteroatoms. The van der Waals surface area contributed by atoms with E-state index < -0.39 is 13.5 Å². The maximum atomic E-state index is 12.6. The van der Waals surface area contributed by atoms with Crippen LogP contribution in [0.1, 0.15) is 18.1 Å². The molecule has 0 aliphatic rings. The standard InChI is InChI=1S/C20H21N4O6P/c1-4-12-7-15(17(25)9-18(12)30-31(27,28)29)19-21-22-20(26)24(19)13-5-6-16-14(8-13)11(2)10-23(16)3/h5-10,25H,4H2,1-3H3,(H,22,26)(H2,27,28,29). The number of phosphoric acid groups is 1. The summed E-state index contributed by atoms with van der Waals surface area (Å²) in [6, 6.07) is 8.16. The third-order valence-electron chi connectivity index (χ3n) is 5.12.